The molecular weight excluding hydrogens is 225 g/mol. The Balaban J connectivity index is 0. The van der Waals surface area contributed by atoms with Gasteiger partial charge in [-0.05, 0) is 20.0 Å². The van der Waals surface area contributed by atoms with Crippen molar-refractivity contribution in [3.63, 3.8) is 0 Å². The quantitative estimate of drug-likeness (QED) is 0.575. The van der Waals surface area contributed by atoms with Gasteiger partial charge in [0.1, 0.15) is 6.61 Å². The van der Waals surface area contributed by atoms with Crippen LogP contribution < -0.4 is 0 Å². The number of hydrogen-bond acceptors (Lipinski definition) is 3. The Bertz CT molecular complexity index is 134. The van der Waals surface area contributed by atoms with Gasteiger partial charge in [-0.3, -0.25) is 0 Å². The van der Waals surface area contributed by atoms with E-state index in [2.05, 4.69) is 23.3 Å². The second-order valence-corrected chi connectivity index (χ2v) is 3.48. The summed E-state index contributed by atoms with van der Waals surface area (Å²) in [4.78, 5) is 10.1. The van der Waals surface area contributed by atoms with Gasteiger partial charge in [0.05, 0.1) is 0 Å². The van der Waals surface area contributed by atoms with Gasteiger partial charge in [-0.2, -0.15) is 0 Å². The van der Waals surface area contributed by atoms with Crippen molar-refractivity contribution in [2.45, 2.75) is 20.8 Å². The molecule has 0 radical (unpaired) electrons. The first-order valence-corrected chi connectivity index (χ1v) is 6.36. The van der Waals surface area contributed by atoms with Crippen molar-refractivity contribution in [3.8, 4) is 0 Å². The van der Waals surface area contributed by atoms with Gasteiger partial charge in [-0.25, -0.2) is 0 Å². The third kappa shape index (κ3) is 14.8. The Morgan fingerprint density at radius 1 is 1.36 bits per heavy atom. The van der Waals surface area contributed by atoms with Crippen LogP contribution in [0.3, 0.4) is 0 Å². The van der Waals surface area contributed by atoms with Crippen molar-refractivity contribution in [3.05, 3.63) is 0 Å². The van der Waals surface area contributed by atoms with E-state index in [0.29, 0.717) is 6.61 Å². The van der Waals surface area contributed by atoms with Gasteiger partial charge >= 0.3 is 8.25 Å². The van der Waals surface area contributed by atoms with Gasteiger partial charge in [-0.15, -0.1) is 21.0 Å². The molecule has 0 aromatic carbocycles. The van der Waals surface area contributed by atoms with Crippen LogP contribution in [0, 0.1) is 0 Å². The molecule has 1 N–H and O–H groups in total. The van der Waals surface area contributed by atoms with E-state index >= 15 is 0 Å². The van der Waals surface area contributed by atoms with Crippen LogP contribution in [0.1, 0.15) is 20.8 Å². The molecule has 0 saturated carbocycles. The molecule has 0 bridgehead atoms. The van der Waals surface area contributed by atoms with Crippen LogP contribution in [-0.4, -0.2) is 41.9 Å². The molecule has 0 rings (SSSR count). The lowest BCUT2D eigenvalue weighted by atomic mass is 10.5. The summed E-state index contributed by atoms with van der Waals surface area (Å²) in [6.07, 6.45) is 0. The van der Waals surface area contributed by atoms with Gasteiger partial charge < -0.3 is 4.90 Å². The van der Waals surface area contributed by atoms with E-state index < -0.39 is 8.25 Å². The minimum atomic E-state index is -2.35. The van der Waals surface area contributed by atoms with Crippen LogP contribution in [-0.2, 0) is 9.09 Å². The molecule has 0 aromatic rings. The summed E-state index contributed by atoms with van der Waals surface area (Å²) in [5.41, 5.74) is 0. The minimum absolute atomic E-state index is 0.297. The lowest BCUT2D eigenvalue weighted by Crippen LogP contribution is -2.24. The molecule has 6 heteroatoms. The van der Waals surface area contributed by atoms with Gasteiger partial charge in [0.2, 0.25) is 0 Å². The predicted octanol–water partition coefficient (Wildman–Crippen LogP) is 2.24. The van der Waals surface area contributed by atoms with E-state index in [1.807, 2.05) is 0 Å². The van der Waals surface area contributed by atoms with E-state index in [1.54, 1.807) is 6.92 Å². The highest BCUT2D eigenvalue weighted by Gasteiger charge is 2.06. The summed E-state index contributed by atoms with van der Waals surface area (Å²) in [7, 11) is -2.35. The summed E-state index contributed by atoms with van der Waals surface area (Å²) >= 11 is 5.51. The second kappa shape index (κ2) is 13.3. The van der Waals surface area contributed by atoms with Gasteiger partial charge in [-0.1, -0.05) is 13.8 Å². The maximum absolute atomic E-state index is 9.53. The zero-order valence-electron chi connectivity index (χ0n) is 9.07. The van der Waals surface area contributed by atoms with E-state index in [9.17, 15) is 4.57 Å². The molecule has 0 aromatic heterocycles. The second-order valence-electron chi connectivity index (χ2n) is 2.37. The van der Waals surface area contributed by atoms with Crippen LogP contribution in [0.4, 0.5) is 0 Å². The van der Waals surface area contributed by atoms with Gasteiger partial charge in [0.15, 0.2) is 0 Å². The van der Waals surface area contributed by atoms with E-state index in [1.165, 1.54) is 0 Å². The Morgan fingerprint density at radius 2 is 1.86 bits per heavy atom. The van der Waals surface area contributed by atoms with Gasteiger partial charge in [0, 0.05) is 17.0 Å². The fourth-order valence-electron chi connectivity index (χ4n) is 0.770. The van der Waals surface area contributed by atoms with Crippen LogP contribution in [0.25, 0.3) is 0 Å². The van der Waals surface area contributed by atoms with Crippen molar-refractivity contribution in [1.82, 2.24) is 4.90 Å². The normalized spacial score (nSPS) is 10.9. The molecule has 0 spiro atoms. The molecule has 1 unspecified atom stereocenters. The molecule has 0 aliphatic rings. The van der Waals surface area contributed by atoms with E-state index in [-0.39, 0.29) is 0 Å². The monoisotopic (exact) mass is 244 g/mol. The molecule has 1 atom stereocenters. The highest BCUT2D eigenvalue weighted by molar-refractivity contribution is 7.32. The summed E-state index contributed by atoms with van der Waals surface area (Å²) < 4.78 is 13.6. The molecule has 0 saturated heterocycles. The minimum Gasteiger partial charge on any atom is -0.303 e. The standard InChI is InChI=1S/C6H14ClN.C2H5O3P/c1-3-8(4-2)6-5-7;1-2-5-6(3)4/h3-6H2,1-2H3;2H2,1H3/p+1. The van der Waals surface area contributed by atoms with Gasteiger partial charge in [0.25, 0.3) is 0 Å². The van der Waals surface area contributed by atoms with E-state index in [4.69, 9.17) is 16.5 Å². The Hall–Kier alpha value is 0.270. The fraction of sp³-hybridized carbons (Fsp3) is 1.00. The Kier molecular flexibility index (Phi) is 15.8. The summed E-state index contributed by atoms with van der Waals surface area (Å²) in [5, 5.41) is 0. The lowest BCUT2D eigenvalue weighted by Gasteiger charge is -2.14. The number of halogens is 1. The highest BCUT2D eigenvalue weighted by atomic mass is 35.5. The van der Waals surface area contributed by atoms with Crippen molar-refractivity contribution in [2.24, 2.45) is 0 Å². The SMILES string of the molecule is CCN(CC)CCCl.CCO[P+](=O)O. The molecule has 86 valence electrons. The molecule has 0 aliphatic carbocycles. The summed E-state index contributed by atoms with van der Waals surface area (Å²) in [5.74, 6) is 0.752. The Labute approximate surface area is 92.1 Å². The molecule has 0 amide bonds. The summed E-state index contributed by atoms with van der Waals surface area (Å²) in [6.45, 7) is 9.50. The van der Waals surface area contributed by atoms with Crippen molar-refractivity contribution < 1.29 is 14.0 Å². The van der Waals surface area contributed by atoms with E-state index in [0.717, 1.165) is 25.5 Å². The average Bonchev–Trinajstić information content (AvgIpc) is 2.15. The van der Waals surface area contributed by atoms with Crippen LogP contribution in [0.2, 0.25) is 0 Å². The van der Waals surface area contributed by atoms with Crippen molar-refractivity contribution in [1.29, 1.82) is 0 Å². The van der Waals surface area contributed by atoms with Crippen LogP contribution >= 0.6 is 19.9 Å². The van der Waals surface area contributed by atoms with Crippen molar-refractivity contribution >= 4 is 19.9 Å². The first-order chi connectivity index (χ1) is 6.62. The van der Waals surface area contributed by atoms with Crippen LogP contribution in [0.5, 0.6) is 0 Å². The zero-order chi connectivity index (χ0) is 11.4. The molecule has 14 heavy (non-hydrogen) atoms. The zero-order valence-corrected chi connectivity index (χ0v) is 10.7. The topological polar surface area (TPSA) is 49.8 Å². The number of alkyl halides is 1. The molecule has 0 heterocycles. The predicted molar refractivity (Wildman–Crippen MR) is 60.0 cm³/mol. The fourth-order valence-corrected chi connectivity index (χ4v) is 1.23. The van der Waals surface area contributed by atoms with Crippen LogP contribution in [0.15, 0.2) is 0 Å². The summed E-state index contributed by atoms with van der Waals surface area (Å²) in [6, 6.07) is 0. The average molecular weight is 245 g/mol. The first-order valence-electron chi connectivity index (χ1n) is 4.69. The molecule has 0 aliphatic heterocycles. The largest absolute Gasteiger partial charge is 0.694 e. The number of rotatable bonds is 6. The third-order valence-electron chi connectivity index (χ3n) is 1.53. The smallest absolute Gasteiger partial charge is 0.303 e. The lowest BCUT2D eigenvalue weighted by molar-refractivity contribution is 0.297. The molecular formula is C8H20ClNO3P+. The maximum Gasteiger partial charge on any atom is 0.694 e. The first kappa shape index (κ1) is 16.7. The molecule has 4 nitrogen and oxygen atoms in total. The number of hydrogen-bond donors (Lipinski definition) is 1. The number of nitrogens with zero attached hydrogens (tertiary/aromatic N) is 1. The highest BCUT2D eigenvalue weighted by Crippen LogP contribution is 2.12. The van der Waals surface area contributed by atoms with Crippen molar-refractivity contribution in [2.75, 3.05) is 32.1 Å². The Morgan fingerprint density at radius 3 is 1.93 bits per heavy atom. The maximum atomic E-state index is 9.53. The third-order valence-corrected chi connectivity index (χ3v) is 2.18. The molecule has 0 fully saturated rings.